The molecule has 3 heteroatoms. The maximum absolute atomic E-state index is 12.0. The van der Waals surface area contributed by atoms with Crippen molar-refractivity contribution in [2.45, 2.75) is 174 Å². The molecule has 0 unspecified atom stereocenters. The van der Waals surface area contributed by atoms with Crippen molar-refractivity contribution in [1.82, 2.24) is 0 Å². The summed E-state index contributed by atoms with van der Waals surface area (Å²) in [5.41, 5.74) is 0. The second kappa shape index (κ2) is 27.4. The van der Waals surface area contributed by atoms with Crippen LogP contribution < -0.4 is 0 Å². The zero-order chi connectivity index (χ0) is 24.2. The summed E-state index contributed by atoms with van der Waals surface area (Å²) in [7, 11) is 0. The minimum absolute atomic E-state index is 0.177. The van der Waals surface area contributed by atoms with Crippen molar-refractivity contribution in [1.29, 1.82) is 0 Å². The monoisotopic (exact) mass is 466 g/mol. The number of hydrogen-bond acceptors (Lipinski definition) is 3. The lowest BCUT2D eigenvalue weighted by atomic mass is 10.0. The van der Waals surface area contributed by atoms with Crippen LogP contribution in [0.15, 0.2) is 0 Å². The van der Waals surface area contributed by atoms with E-state index in [-0.39, 0.29) is 5.97 Å². The summed E-state index contributed by atoms with van der Waals surface area (Å²) < 4.78 is 4.94. The van der Waals surface area contributed by atoms with E-state index in [0.29, 0.717) is 12.4 Å². The molecule has 0 spiro atoms. The zero-order valence-corrected chi connectivity index (χ0v) is 22.6. The lowest BCUT2D eigenvalue weighted by Gasteiger charge is -2.04. The number of carbonyl (C=O) groups excluding carboxylic acids is 2. The second-order valence-electron chi connectivity index (χ2n) is 10.2. The third-order valence-corrected chi connectivity index (χ3v) is 6.71. The average molecular weight is 467 g/mol. The summed E-state index contributed by atoms with van der Waals surface area (Å²) >= 11 is 0. The van der Waals surface area contributed by atoms with E-state index in [9.17, 15) is 9.59 Å². The quantitative estimate of drug-likeness (QED) is 0.0893. The summed E-state index contributed by atoms with van der Waals surface area (Å²) in [6.45, 7) is 4.31. The number of rotatable bonds is 27. The van der Waals surface area contributed by atoms with E-state index in [1.54, 1.807) is 0 Å². The van der Waals surface area contributed by atoms with E-state index in [2.05, 4.69) is 6.92 Å². The predicted molar refractivity (Wildman–Crippen MR) is 143 cm³/mol. The van der Waals surface area contributed by atoms with Crippen LogP contribution in [0.3, 0.4) is 0 Å². The highest BCUT2D eigenvalue weighted by molar-refractivity contribution is 5.78. The Morgan fingerprint density at radius 1 is 0.455 bits per heavy atom. The number of carbonyl (C=O) groups is 2. The maximum atomic E-state index is 12.0. The number of ether oxygens (including phenoxy) is 1. The Bertz CT molecular complexity index is 419. The van der Waals surface area contributed by atoms with Crippen LogP contribution in [0.4, 0.5) is 0 Å². The first kappa shape index (κ1) is 32.1. The van der Waals surface area contributed by atoms with Crippen molar-refractivity contribution < 1.29 is 14.3 Å². The Kier molecular flexibility index (Phi) is 26.7. The highest BCUT2D eigenvalue weighted by Crippen LogP contribution is 2.15. The van der Waals surface area contributed by atoms with Gasteiger partial charge in [-0.25, -0.2) is 0 Å². The molecule has 0 amide bonds. The highest BCUT2D eigenvalue weighted by atomic mass is 16.5. The van der Waals surface area contributed by atoms with Crippen LogP contribution in [-0.4, -0.2) is 18.4 Å². The molecule has 0 saturated heterocycles. The van der Waals surface area contributed by atoms with Gasteiger partial charge in [0.25, 0.3) is 0 Å². The molecule has 0 fully saturated rings. The van der Waals surface area contributed by atoms with Crippen molar-refractivity contribution in [3.8, 4) is 0 Å². The Labute approximate surface area is 207 Å². The molecule has 3 nitrogen and oxygen atoms in total. The van der Waals surface area contributed by atoms with Gasteiger partial charge in [0, 0.05) is 19.8 Å². The first-order valence-electron chi connectivity index (χ1n) is 14.8. The average Bonchev–Trinajstić information content (AvgIpc) is 2.79. The number of unbranched alkanes of at least 4 members (excludes halogenated alkanes) is 21. The van der Waals surface area contributed by atoms with E-state index in [4.69, 9.17) is 4.74 Å². The Morgan fingerprint density at radius 3 is 1.09 bits per heavy atom. The minimum Gasteiger partial charge on any atom is -0.466 e. The molecule has 0 rings (SSSR count). The van der Waals surface area contributed by atoms with Crippen molar-refractivity contribution in [3.63, 3.8) is 0 Å². The fourth-order valence-corrected chi connectivity index (χ4v) is 4.52. The van der Waals surface area contributed by atoms with Crippen molar-refractivity contribution >= 4 is 11.8 Å². The van der Waals surface area contributed by atoms with Crippen LogP contribution in [0.25, 0.3) is 0 Å². The lowest BCUT2D eigenvalue weighted by molar-refractivity contribution is -0.141. The van der Waals surface area contributed by atoms with Gasteiger partial charge in [-0.2, -0.15) is 0 Å². The van der Waals surface area contributed by atoms with Gasteiger partial charge >= 0.3 is 5.97 Å². The molecular formula is C30H58O3. The summed E-state index contributed by atoms with van der Waals surface area (Å²) in [4.78, 5) is 22.7. The number of Topliss-reactive ketones (excluding diaryl/α,β-unsaturated/α-hetero) is 1. The van der Waals surface area contributed by atoms with Gasteiger partial charge in [-0.3, -0.25) is 9.59 Å². The molecular weight excluding hydrogens is 408 g/mol. The largest absolute Gasteiger partial charge is 0.466 e. The van der Waals surface area contributed by atoms with Gasteiger partial charge in [0.15, 0.2) is 0 Å². The van der Waals surface area contributed by atoms with Crippen molar-refractivity contribution in [3.05, 3.63) is 0 Å². The number of esters is 1. The van der Waals surface area contributed by atoms with Gasteiger partial charge in [0.05, 0.1) is 6.61 Å². The third kappa shape index (κ3) is 29.1. The standard InChI is InChI=1S/C30H58O3/c1-3-4-5-6-7-8-9-10-11-12-13-14-17-20-23-26-30(32)27-24-21-18-15-16-19-22-25-28-33-29(2)31/h3-28H2,1-2H3. The number of ketones is 1. The molecule has 0 radical (unpaired) electrons. The predicted octanol–water partition coefficient (Wildman–Crippen LogP) is 9.89. The van der Waals surface area contributed by atoms with Gasteiger partial charge in [-0.1, -0.05) is 135 Å². The molecule has 33 heavy (non-hydrogen) atoms. The van der Waals surface area contributed by atoms with Crippen LogP contribution in [0, 0.1) is 0 Å². The Balaban J connectivity index is 3.15. The molecule has 0 atom stereocenters. The summed E-state index contributed by atoms with van der Waals surface area (Å²) in [5, 5.41) is 0. The second-order valence-corrected chi connectivity index (χ2v) is 10.2. The molecule has 0 N–H and O–H groups in total. The maximum Gasteiger partial charge on any atom is 0.302 e. The van der Waals surface area contributed by atoms with Crippen LogP contribution >= 0.6 is 0 Å². The van der Waals surface area contributed by atoms with E-state index in [1.807, 2.05) is 0 Å². The normalized spacial score (nSPS) is 11.1. The third-order valence-electron chi connectivity index (χ3n) is 6.71. The molecule has 0 heterocycles. The Hall–Kier alpha value is -0.860. The van der Waals surface area contributed by atoms with Gasteiger partial charge < -0.3 is 4.74 Å². The first-order valence-corrected chi connectivity index (χ1v) is 14.8. The van der Waals surface area contributed by atoms with E-state index in [1.165, 1.54) is 129 Å². The van der Waals surface area contributed by atoms with Gasteiger partial charge in [-0.05, 0) is 19.3 Å². The van der Waals surface area contributed by atoms with Crippen LogP contribution in [-0.2, 0) is 14.3 Å². The molecule has 0 aliphatic carbocycles. The van der Waals surface area contributed by atoms with Gasteiger partial charge in [0.1, 0.15) is 5.78 Å². The molecule has 0 bridgehead atoms. The van der Waals surface area contributed by atoms with Crippen LogP contribution in [0.2, 0.25) is 0 Å². The molecule has 0 aromatic heterocycles. The minimum atomic E-state index is -0.177. The van der Waals surface area contributed by atoms with Crippen molar-refractivity contribution in [2.75, 3.05) is 6.61 Å². The summed E-state index contributed by atoms with van der Waals surface area (Å²) in [6, 6.07) is 0. The van der Waals surface area contributed by atoms with E-state index in [0.717, 1.165) is 38.5 Å². The summed E-state index contributed by atoms with van der Waals surface area (Å²) in [6.07, 6.45) is 31.6. The first-order chi connectivity index (χ1) is 16.2. The molecule has 0 saturated carbocycles. The SMILES string of the molecule is CCCCCCCCCCCCCCCCCC(=O)CCCCCCCCCCOC(C)=O. The lowest BCUT2D eigenvalue weighted by Crippen LogP contribution is -2.00. The van der Waals surface area contributed by atoms with E-state index >= 15 is 0 Å². The van der Waals surface area contributed by atoms with E-state index < -0.39 is 0 Å². The highest BCUT2D eigenvalue weighted by Gasteiger charge is 2.02. The zero-order valence-electron chi connectivity index (χ0n) is 22.6. The van der Waals surface area contributed by atoms with Crippen molar-refractivity contribution in [2.24, 2.45) is 0 Å². The molecule has 196 valence electrons. The smallest absolute Gasteiger partial charge is 0.302 e. The van der Waals surface area contributed by atoms with Crippen LogP contribution in [0.1, 0.15) is 174 Å². The molecule has 0 aliphatic rings. The van der Waals surface area contributed by atoms with Gasteiger partial charge in [-0.15, -0.1) is 0 Å². The number of hydrogen-bond donors (Lipinski definition) is 0. The molecule has 0 aliphatic heterocycles. The van der Waals surface area contributed by atoms with Crippen LogP contribution in [0.5, 0.6) is 0 Å². The topological polar surface area (TPSA) is 43.4 Å². The Morgan fingerprint density at radius 2 is 0.758 bits per heavy atom. The fraction of sp³-hybridized carbons (Fsp3) is 0.933. The van der Waals surface area contributed by atoms with Gasteiger partial charge in [0.2, 0.25) is 0 Å². The summed E-state index contributed by atoms with van der Waals surface area (Å²) in [5.74, 6) is 0.305. The fourth-order valence-electron chi connectivity index (χ4n) is 4.52. The molecule has 0 aromatic rings. The molecule has 0 aromatic carbocycles.